The predicted octanol–water partition coefficient (Wildman–Crippen LogP) is 3.45. The minimum atomic E-state index is -4.48. The summed E-state index contributed by atoms with van der Waals surface area (Å²) >= 11 is 0. The number of rotatable bonds is 8. The van der Waals surface area contributed by atoms with Gasteiger partial charge in [-0.3, -0.25) is 9.59 Å². The molecule has 0 bridgehead atoms. The standard InChI is InChI=1S/C21H21F3N2O3/c22-21(23,24)15-7-5-6-14(12-15)20(28)26-11-4-3-10-25-13-18-19(27)16-8-1-2-9-17(16)29-18/h1-2,5-9,12,18,25H,3-4,10-11,13H2,(H,26,28). The van der Waals surface area contributed by atoms with Gasteiger partial charge in [0.2, 0.25) is 5.78 Å². The second kappa shape index (κ2) is 9.09. The fraction of sp³-hybridized carbons (Fsp3) is 0.333. The minimum absolute atomic E-state index is 0.0191. The van der Waals surface area contributed by atoms with E-state index in [1.165, 1.54) is 12.1 Å². The fourth-order valence-electron chi connectivity index (χ4n) is 3.04. The molecule has 0 aliphatic carbocycles. The molecule has 0 aromatic heterocycles. The maximum Gasteiger partial charge on any atom is 0.416 e. The highest BCUT2D eigenvalue weighted by Crippen LogP contribution is 2.29. The molecule has 2 aromatic rings. The van der Waals surface area contributed by atoms with E-state index in [0.717, 1.165) is 18.6 Å². The van der Waals surface area contributed by atoms with Crippen molar-refractivity contribution in [2.45, 2.75) is 25.1 Å². The number of Topliss-reactive ketones (excluding diaryl/α,β-unsaturated/α-hetero) is 1. The summed E-state index contributed by atoms with van der Waals surface area (Å²) in [6, 6.07) is 11.5. The molecule has 1 amide bonds. The van der Waals surface area contributed by atoms with Crippen LogP contribution in [0.15, 0.2) is 48.5 Å². The van der Waals surface area contributed by atoms with Crippen LogP contribution in [0.25, 0.3) is 0 Å². The lowest BCUT2D eigenvalue weighted by Crippen LogP contribution is -2.34. The maximum absolute atomic E-state index is 12.7. The molecule has 1 aliphatic rings. The Morgan fingerprint density at radius 3 is 2.55 bits per heavy atom. The van der Waals surface area contributed by atoms with Gasteiger partial charge in [0.15, 0.2) is 6.10 Å². The summed E-state index contributed by atoms with van der Waals surface area (Å²) in [6.45, 7) is 1.37. The number of hydrogen-bond acceptors (Lipinski definition) is 4. The molecule has 2 N–H and O–H groups in total. The lowest BCUT2D eigenvalue weighted by atomic mass is 10.1. The zero-order chi connectivity index (χ0) is 20.9. The van der Waals surface area contributed by atoms with Gasteiger partial charge in [0, 0.05) is 18.7 Å². The van der Waals surface area contributed by atoms with E-state index in [0.29, 0.717) is 37.4 Å². The Labute approximate surface area is 166 Å². The Morgan fingerprint density at radius 1 is 1.03 bits per heavy atom. The van der Waals surface area contributed by atoms with Gasteiger partial charge in [-0.2, -0.15) is 13.2 Å². The number of ether oxygens (including phenoxy) is 1. The molecule has 8 heteroatoms. The third kappa shape index (κ3) is 5.35. The van der Waals surface area contributed by atoms with Crippen LogP contribution in [-0.4, -0.2) is 37.4 Å². The van der Waals surface area contributed by atoms with Gasteiger partial charge in [0.1, 0.15) is 5.75 Å². The van der Waals surface area contributed by atoms with Crippen molar-refractivity contribution in [2.24, 2.45) is 0 Å². The van der Waals surface area contributed by atoms with Crippen LogP contribution in [0.2, 0.25) is 0 Å². The summed E-state index contributed by atoms with van der Waals surface area (Å²) in [5, 5.41) is 5.77. The Morgan fingerprint density at radius 2 is 1.79 bits per heavy atom. The van der Waals surface area contributed by atoms with Gasteiger partial charge in [-0.1, -0.05) is 18.2 Å². The molecule has 1 atom stereocenters. The molecule has 0 saturated heterocycles. The quantitative estimate of drug-likeness (QED) is 0.659. The Hall–Kier alpha value is -2.87. The summed E-state index contributed by atoms with van der Waals surface area (Å²) in [5.41, 5.74) is -0.272. The van der Waals surface area contributed by atoms with Gasteiger partial charge in [0.25, 0.3) is 5.91 Å². The minimum Gasteiger partial charge on any atom is -0.480 e. The zero-order valence-electron chi connectivity index (χ0n) is 15.6. The van der Waals surface area contributed by atoms with Crippen molar-refractivity contribution in [3.63, 3.8) is 0 Å². The normalized spacial score (nSPS) is 15.7. The first kappa shape index (κ1) is 20.9. The van der Waals surface area contributed by atoms with Gasteiger partial charge < -0.3 is 15.4 Å². The number of carbonyl (C=O) groups excluding carboxylic acids is 2. The molecular weight excluding hydrogens is 385 g/mol. The van der Waals surface area contributed by atoms with Gasteiger partial charge in [-0.05, 0) is 49.7 Å². The van der Waals surface area contributed by atoms with Gasteiger partial charge in [-0.25, -0.2) is 0 Å². The van der Waals surface area contributed by atoms with Crippen LogP contribution < -0.4 is 15.4 Å². The molecule has 1 unspecified atom stereocenters. The van der Waals surface area contributed by atoms with Crippen molar-refractivity contribution < 1.29 is 27.5 Å². The van der Waals surface area contributed by atoms with Crippen LogP contribution in [0.1, 0.15) is 39.1 Å². The van der Waals surface area contributed by atoms with Crippen LogP contribution in [0.5, 0.6) is 5.75 Å². The van der Waals surface area contributed by atoms with Crippen molar-refractivity contribution in [3.05, 3.63) is 65.2 Å². The van der Waals surface area contributed by atoms with E-state index in [2.05, 4.69) is 10.6 Å². The largest absolute Gasteiger partial charge is 0.480 e. The Balaban J connectivity index is 1.32. The first-order valence-electron chi connectivity index (χ1n) is 9.32. The number of ketones is 1. The molecule has 0 saturated carbocycles. The molecular formula is C21H21F3N2O3. The smallest absolute Gasteiger partial charge is 0.416 e. The Bertz CT molecular complexity index is 883. The molecule has 5 nitrogen and oxygen atoms in total. The number of halogens is 3. The monoisotopic (exact) mass is 406 g/mol. The van der Waals surface area contributed by atoms with Crippen LogP contribution in [0.3, 0.4) is 0 Å². The van der Waals surface area contributed by atoms with Crippen molar-refractivity contribution in [1.82, 2.24) is 10.6 Å². The fourth-order valence-corrected chi connectivity index (χ4v) is 3.04. The van der Waals surface area contributed by atoms with E-state index in [4.69, 9.17) is 4.74 Å². The summed E-state index contributed by atoms with van der Waals surface area (Å²) < 4.78 is 43.7. The SMILES string of the molecule is O=C(NCCCCNCC1Oc2ccccc2C1=O)c1cccc(C(F)(F)F)c1. The summed E-state index contributed by atoms with van der Waals surface area (Å²) in [5.74, 6) is 0.0230. The van der Waals surface area contributed by atoms with E-state index >= 15 is 0 Å². The summed E-state index contributed by atoms with van der Waals surface area (Å²) in [7, 11) is 0. The van der Waals surface area contributed by atoms with Gasteiger partial charge >= 0.3 is 6.18 Å². The predicted molar refractivity (Wildman–Crippen MR) is 101 cm³/mol. The first-order chi connectivity index (χ1) is 13.9. The highest BCUT2D eigenvalue weighted by molar-refractivity contribution is 6.04. The van der Waals surface area contributed by atoms with Crippen molar-refractivity contribution in [2.75, 3.05) is 19.6 Å². The molecule has 154 valence electrons. The van der Waals surface area contributed by atoms with E-state index in [1.54, 1.807) is 18.2 Å². The molecule has 0 spiro atoms. The van der Waals surface area contributed by atoms with Crippen molar-refractivity contribution in [1.29, 1.82) is 0 Å². The number of carbonyl (C=O) groups is 2. The molecule has 1 heterocycles. The van der Waals surface area contributed by atoms with Crippen LogP contribution in [0.4, 0.5) is 13.2 Å². The number of amides is 1. The summed E-state index contributed by atoms with van der Waals surface area (Å²) in [6.07, 6.45) is -3.63. The zero-order valence-corrected chi connectivity index (χ0v) is 15.6. The average Bonchev–Trinajstić information content (AvgIpc) is 3.02. The number of benzene rings is 2. The highest BCUT2D eigenvalue weighted by Gasteiger charge is 2.32. The lowest BCUT2D eigenvalue weighted by molar-refractivity contribution is -0.137. The number of fused-ring (bicyclic) bond motifs is 1. The number of nitrogens with one attached hydrogen (secondary N) is 2. The molecule has 0 radical (unpaired) electrons. The number of alkyl halides is 3. The maximum atomic E-state index is 12.7. The van der Waals surface area contributed by atoms with Crippen LogP contribution in [0, 0.1) is 0 Å². The Kier molecular flexibility index (Phi) is 6.53. The van der Waals surface area contributed by atoms with Crippen LogP contribution in [-0.2, 0) is 6.18 Å². The molecule has 29 heavy (non-hydrogen) atoms. The van der Waals surface area contributed by atoms with Crippen molar-refractivity contribution >= 4 is 11.7 Å². The molecule has 3 rings (SSSR count). The van der Waals surface area contributed by atoms with Crippen molar-refractivity contribution in [3.8, 4) is 5.75 Å². The lowest BCUT2D eigenvalue weighted by Gasteiger charge is -2.11. The highest BCUT2D eigenvalue weighted by atomic mass is 19.4. The number of para-hydroxylation sites is 1. The van der Waals surface area contributed by atoms with E-state index in [9.17, 15) is 22.8 Å². The average molecular weight is 406 g/mol. The summed E-state index contributed by atoms with van der Waals surface area (Å²) in [4.78, 5) is 24.2. The van der Waals surface area contributed by atoms with Gasteiger partial charge in [0.05, 0.1) is 11.1 Å². The second-order valence-electron chi connectivity index (χ2n) is 6.71. The molecule has 2 aromatic carbocycles. The third-order valence-corrected chi connectivity index (χ3v) is 4.56. The van der Waals surface area contributed by atoms with Crippen LogP contribution >= 0.6 is 0 Å². The second-order valence-corrected chi connectivity index (χ2v) is 6.71. The number of hydrogen-bond donors (Lipinski definition) is 2. The number of unbranched alkanes of at least 4 members (excludes halogenated alkanes) is 1. The van der Waals surface area contributed by atoms with E-state index in [-0.39, 0.29) is 11.3 Å². The third-order valence-electron chi connectivity index (χ3n) is 4.56. The topological polar surface area (TPSA) is 67.4 Å². The molecule has 0 fully saturated rings. The van der Waals surface area contributed by atoms with E-state index < -0.39 is 23.8 Å². The molecule has 1 aliphatic heterocycles. The van der Waals surface area contributed by atoms with E-state index in [1.807, 2.05) is 6.07 Å². The van der Waals surface area contributed by atoms with Gasteiger partial charge in [-0.15, -0.1) is 0 Å². The first-order valence-corrected chi connectivity index (χ1v) is 9.32.